The third-order valence-electron chi connectivity index (χ3n) is 9.14. The Morgan fingerprint density at radius 1 is 0.521 bits per heavy atom. The number of para-hydroxylation sites is 3. The summed E-state index contributed by atoms with van der Waals surface area (Å²) in [5, 5.41) is 2.53. The van der Waals surface area contributed by atoms with Crippen LogP contribution in [0.25, 0.3) is 49.7 Å². The molecule has 3 nitrogen and oxygen atoms in total. The van der Waals surface area contributed by atoms with Crippen LogP contribution < -0.4 is 4.90 Å². The third-order valence-corrected chi connectivity index (χ3v) is 9.14. The molecular formula is C45H35N3. The van der Waals surface area contributed by atoms with E-state index in [-0.39, 0.29) is 0 Å². The van der Waals surface area contributed by atoms with Gasteiger partial charge in [-0.3, -0.25) is 4.99 Å². The molecule has 0 bridgehead atoms. The van der Waals surface area contributed by atoms with E-state index in [4.69, 9.17) is 4.99 Å². The smallest absolute Gasteiger partial charge is 0.0639 e. The average Bonchev–Trinajstić information content (AvgIpc) is 3.50. The fraction of sp³-hybridized carbons (Fsp3) is 0.0444. The molecule has 8 aromatic rings. The number of nitrogens with zero attached hydrogens (tertiary/aromatic N) is 3. The first-order valence-electron chi connectivity index (χ1n) is 16.4. The maximum absolute atomic E-state index is 4.95. The molecule has 0 aliphatic heterocycles. The normalized spacial score (nSPS) is 11.4. The second kappa shape index (κ2) is 12.9. The van der Waals surface area contributed by atoms with Crippen LogP contribution >= 0.6 is 0 Å². The Bertz CT molecular complexity index is 2300. The minimum atomic E-state index is 0.611. The van der Waals surface area contributed by atoms with Crippen molar-refractivity contribution in [2.75, 3.05) is 11.9 Å². The number of hydrogen-bond acceptors (Lipinski definition) is 2. The zero-order valence-corrected chi connectivity index (χ0v) is 26.9. The first kappa shape index (κ1) is 29.2. The lowest BCUT2D eigenvalue weighted by Crippen LogP contribution is -2.11. The predicted molar refractivity (Wildman–Crippen MR) is 204 cm³/mol. The highest BCUT2D eigenvalue weighted by Crippen LogP contribution is 2.38. The van der Waals surface area contributed by atoms with Gasteiger partial charge in [0.15, 0.2) is 0 Å². The van der Waals surface area contributed by atoms with Gasteiger partial charge in [-0.1, -0.05) is 133 Å². The number of benzene rings is 7. The summed E-state index contributed by atoms with van der Waals surface area (Å²) in [7, 11) is 2.13. The summed E-state index contributed by atoms with van der Waals surface area (Å²) in [5.41, 5.74) is 12.8. The molecule has 0 aliphatic rings. The van der Waals surface area contributed by atoms with Crippen LogP contribution in [0, 0.1) is 0 Å². The molecule has 7 aromatic carbocycles. The van der Waals surface area contributed by atoms with Gasteiger partial charge in [0.1, 0.15) is 0 Å². The molecule has 0 amide bonds. The summed E-state index contributed by atoms with van der Waals surface area (Å²) in [5.74, 6) is 0. The van der Waals surface area contributed by atoms with Crippen LogP contribution in [0.5, 0.6) is 0 Å². The molecule has 1 heterocycles. The zero-order chi connectivity index (χ0) is 32.3. The van der Waals surface area contributed by atoms with Gasteiger partial charge in [0.2, 0.25) is 0 Å². The minimum Gasteiger partial charge on any atom is -0.344 e. The van der Waals surface area contributed by atoms with Crippen molar-refractivity contribution in [2.24, 2.45) is 4.99 Å². The average molecular weight is 618 g/mol. The number of aliphatic imine (C=N–C) groups is 1. The molecule has 0 spiro atoms. The SMILES string of the molecule is CN(c1ccccc1)c1cccc(/C=N\Cc2ccc(-c3ccccc3)cc2)c1-c1ccc(-n2c3ccccc3c3ccccc32)cc1. The van der Waals surface area contributed by atoms with Crippen LogP contribution in [0.15, 0.2) is 181 Å². The van der Waals surface area contributed by atoms with Crippen LogP contribution in [0.4, 0.5) is 11.4 Å². The zero-order valence-electron chi connectivity index (χ0n) is 26.9. The molecule has 8 rings (SSSR count). The molecule has 48 heavy (non-hydrogen) atoms. The van der Waals surface area contributed by atoms with Crippen LogP contribution in [0.1, 0.15) is 11.1 Å². The Kier molecular flexibility index (Phi) is 7.85. The highest BCUT2D eigenvalue weighted by atomic mass is 15.1. The summed E-state index contributed by atoms with van der Waals surface area (Å²) in [6.45, 7) is 0.611. The lowest BCUT2D eigenvalue weighted by Gasteiger charge is -2.24. The maximum atomic E-state index is 4.95. The van der Waals surface area contributed by atoms with Crippen molar-refractivity contribution in [3.63, 3.8) is 0 Å². The monoisotopic (exact) mass is 617 g/mol. The van der Waals surface area contributed by atoms with E-state index in [1.165, 1.54) is 38.5 Å². The van der Waals surface area contributed by atoms with Gasteiger partial charge in [0.25, 0.3) is 0 Å². The van der Waals surface area contributed by atoms with Gasteiger partial charge in [-0.2, -0.15) is 0 Å². The lowest BCUT2D eigenvalue weighted by molar-refractivity contribution is 1.08. The van der Waals surface area contributed by atoms with Gasteiger partial charge >= 0.3 is 0 Å². The van der Waals surface area contributed by atoms with Gasteiger partial charge < -0.3 is 9.47 Å². The summed E-state index contributed by atoms with van der Waals surface area (Å²) >= 11 is 0. The molecule has 0 saturated carbocycles. The van der Waals surface area contributed by atoms with Gasteiger partial charge in [-0.15, -0.1) is 0 Å². The largest absolute Gasteiger partial charge is 0.344 e. The van der Waals surface area contributed by atoms with E-state index in [2.05, 4.69) is 186 Å². The Labute approximate surface area is 281 Å². The first-order valence-corrected chi connectivity index (χ1v) is 16.4. The summed E-state index contributed by atoms with van der Waals surface area (Å²) in [6.07, 6.45) is 2.03. The van der Waals surface area contributed by atoms with E-state index in [1.54, 1.807) is 0 Å². The van der Waals surface area contributed by atoms with E-state index in [0.29, 0.717) is 6.54 Å². The highest BCUT2D eigenvalue weighted by Gasteiger charge is 2.16. The van der Waals surface area contributed by atoms with Crippen molar-refractivity contribution in [1.82, 2.24) is 4.57 Å². The summed E-state index contributed by atoms with van der Waals surface area (Å²) in [6, 6.07) is 62.5. The Hall–Kier alpha value is -6.19. The standard InChI is InChI=1S/C45H35N3/c1-47(38-16-6-3-7-17-38)44-22-12-15-37(32-46-31-33-23-25-35(26-24-33)34-13-4-2-5-14-34)45(44)36-27-29-39(30-28-36)48-42-20-10-8-18-40(42)41-19-9-11-21-43(41)48/h2-30,32H,31H2,1H3/b46-32-. The van der Waals surface area contributed by atoms with Gasteiger partial charge in [0.05, 0.1) is 17.6 Å². The second-order valence-corrected chi connectivity index (χ2v) is 12.1. The van der Waals surface area contributed by atoms with Crippen LogP contribution in [0.2, 0.25) is 0 Å². The Morgan fingerprint density at radius 2 is 1.08 bits per heavy atom. The number of hydrogen-bond donors (Lipinski definition) is 0. The maximum Gasteiger partial charge on any atom is 0.0639 e. The molecule has 0 aliphatic carbocycles. The molecule has 0 unspecified atom stereocenters. The molecule has 0 atom stereocenters. The quantitative estimate of drug-likeness (QED) is 0.155. The molecule has 3 heteroatoms. The van der Waals surface area contributed by atoms with Crippen molar-refractivity contribution in [3.8, 4) is 27.9 Å². The van der Waals surface area contributed by atoms with Crippen molar-refractivity contribution in [2.45, 2.75) is 6.54 Å². The van der Waals surface area contributed by atoms with Crippen LogP contribution in [-0.2, 0) is 6.54 Å². The molecule has 230 valence electrons. The molecular weight excluding hydrogens is 583 g/mol. The summed E-state index contributed by atoms with van der Waals surface area (Å²) in [4.78, 5) is 7.21. The third kappa shape index (κ3) is 5.56. The topological polar surface area (TPSA) is 20.5 Å². The molecule has 0 N–H and O–H groups in total. The highest BCUT2D eigenvalue weighted by molar-refractivity contribution is 6.09. The Morgan fingerprint density at radius 3 is 1.75 bits per heavy atom. The van der Waals surface area contributed by atoms with Crippen molar-refractivity contribution in [1.29, 1.82) is 0 Å². The molecule has 0 fully saturated rings. The van der Waals surface area contributed by atoms with E-state index in [0.717, 1.165) is 33.8 Å². The van der Waals surface area contributed by atoms with Gasteiger partial charge in [-0.25, -0.2) is 0 Å². The molecule has 0 radical (unpaired) electrons. The molecule has 0 saturated heterocycles. The second-order valence-electron chi connectivity index (χ2n) is 12.1. The number of anilines is 2. The fourth-order valence-electron chi connectivity index (χ4n) is 6.71. The van der Waals surface area contributed by atoms with Crippen molar-refractivity contribution < 1.29 is 0 Å². The number of aromatic nitrogens is 1. The summed E-state index contributed by atoms with van der Waals surface area (Å²) < 4.78 is 2.36. The van der Waals surface area contributed by atoms with E-state index >= 15 is 0 Å². The van der Waals surface area contributed by atoms with E-state index < -0.39 is 0 Å². The Balaban J connectivity index is 1.17. The lowest BCUT2D eigenvalue weighted by atomic mass is 9.96. The van der Waals surface area contributed by atoms with Crippen LogP contribution in [-0.4, -0.2) is 17.8 Å². The minimum absolute atomic E-state index is 0.611. The number of fused-ring (bicyclic) bond motifs is 3. The van der Waals surface area contributed by atoms with Gasteiger partial charge in [0, 0.05) is 52.2 Å². The van der Waals surface area contributed by atoms with Crippen molar-refractivity contribution in [3.05, 3.63) is 187 Å². The molecule has 1 aromatic heterocycles. The van der Waals surface area contributed by atoms with Gasteiger partial charge in [-0.05, 0) is 64.7 Å². The fourth-order valence-corrected chi connectivity index (χ4v) is 6.71. The van der Waals surface area contributed by atoms with Crippen molar-refractivity contribution >= 4 is 39.4 Å². The predicted octanol–water partition coefficient (Wildman–Crippen LogP) is 11.5. The number of rotatable bonds is 8. The first-order chi connectivity index (χ1) is 23.7. The van der Waals surface area contributed by atoms with E-state index in [9.17, 15) is 0 Å². The van der Waals surface area contributed by atoms with Crippen LogP contribution in [0.3, 0.4) is 0 Å². The van der Waals surface area contributed by atoms with E-state index in [1.807, 2.05) is 12.3 Å².